The summed E-state index contributed by atoms with van der Waals surface area (Å²) in [5.74, 6) is 0.720. The van der Waals surface area contributed by atoms with Crippen molar-refractivity contribution in [1.82, 2.24) is 14.9 Å². The Hall–Kier alpha value is -2.41. The van der Waals surface area contributed by atoms with Gasteiger partial charge < -0.3 is 20.4 Å². The van der Waals surface area contributed by atoms with E-state index in [0.29, 0.717) is 24.8 Å². The largest absolute Gasteiger partial charge is 0.383 e. The molecule has 0 fully saturated rings. The molecule has 3 N–H and O–H groups in total. The molecular formula is C16H22FN5O. The second-order valence-electron chi connectivity index (χ2n) is 5.33. The van der Waals surface area contributed by atoms with Crippen molar-refractivity contribution in [2.75, 3.05) is 13.7 Å². The van der Waals surface area contributed by atoms with Crippen LogP contribution in [0.5, 0.6) is 0 Å². The van der Waals surface area contributed by atoms with Gasteiger partial charge >= 0.3 is 0 Å². The van der Waals surface area contributed by atoms with Crippen LogP contribution in [0.15, 0.2) is 35.6 Å². The second-order valence-corrected chi connectivity index (χ2v) is 5.33. The van der Waals surface area contributed by atoms with Gasteiger partial charge in [-0.3, -0.25) is 0 Å². The summed E-state index contributed by atoms with van der Waals surface area (Å²) in [4.78, 5) is 8.31. The van der Waals surface area contributed by atoms with Crippen molar-refractivity contribution in [2.24, 2.45) is 10.7 Å². The maximum atomic E-state index is 14.3. The van der Waals surface area contributed by atoms with E-state index < -0.39 is 0 Å². The lowest BCUT2D eigenvalue weighted by Crippen LogP contribution is -2.40. The summed E-state index contributed by atoms with van der Waals surface area (Å²) in [5, 5.41) is 3.00. The molecular weight excluding hydrogens is 297 g/mol. The van der Waals surface area contributed by atoms with Crippen LogP contribution < -0.4 is 11.1 Å². The molecule has 0 saturated heterocycles. The van der Waals surface area contributed by atoms with Crippen molar-refractivity contribution >= 4 is 5.96 Å². The van der Waals surface area contributed by atoms with E-state index in [-0.39, 0.29) is 11.9 Å². The summed E-state index contributed by atoms with van der Waals surface area (Å²) in [7, 11) is 1.62. The van der Waals surface area contributed by atoms with Crippen LogP contribution in [0.25, 0.3) is 5.69 Å². The normalized spacial score (nSPS) is 13.1. The number of methoxy groups -OCH3 is 1. The van der Waals surface area contributed by atoms with E-state index in [1.807, 2.05) is 19.9 Å². The van der Waals surface area contributed by atoms with Gasteiger partial charge in [0.2, 0.25) is 0 Å². The Morgan fingerprint density at radius 3 is 2.91 bits per heavy atom. The molecule has 0 radical (unpaired) electrons. The SMILES string of the molecule is COCC(C)NC(N)=NCc1ccc(-n2ccnc2C)c(F)c1. The van der Waals surface area contributed by atoms with Crippen LogP contribution in [-0.4, -0.2) is 35.3 Å². The molecule has 0 aliphatic heterocycles. The van der Waals surface area contributed by atoms with Crippen LogP contribution in [0.2, 0.25) is 0 Å². The number of nitrogens with one attached hydrogen (secondary N) is 1. The van der Waals surface area contributed by atoms with Crippen molar-refractivity contribution in [3.8, 4) is 5.69 Å². The van der Waals surface area contributed by atoms with E-state index >= 15 is 0 Å². The van der Waals surface area contributed by atoms with Gasteiger partial charge in [0, 0.05) is 25.5 Å². The molecule has 1 unspecified atom stereocenters. The quantitative estimate of drug-likeness (QED) is 0.628. The van der Waals surface area contributed by atoms with Crippen molar-refractivity contribution in [1.29, 1.82) is 0 Å². The highest BCUT2D eigenvalue weighted by Crippen LogP contribution is 2.17. The van der Waals surface area contributed by atoms with Gasteiger partial charge in [-0.15, -0.1) is 0 Å². The van der Waals surface area contributed by atoms with Crippen LogP contribution in [0, 0.1) is 12.7 Å². The third-order valence-corrected chi connectivity index (χ3v) is 3.34. The Morgan fingerprint density at radius 1 is 1.52 bits per heavy atom. The molecule has 0 saturated carbocycles. The Bertz CT molecular complexity index is 683. The van der Waals surface area contributed by atoms with Gasteiger partial charge in [-0.2, -0.15) is 0 Å². The first kappa shape index (κ1) is 17.0. The number of ether oxygens (including phenoxy) is 1. The molecule has 6 nitrogen and oxygen atoms in total. The molecule has 1 aromatic carbocycles. The minimum atomic E-state index is -0.321. The highest BCUT2D eigenvalue weighted by Gasteiger charge is 2.08. The van der Waals surface area contributed by atoms with Crippen LogP contribution >= 0.6 is 0 Å². The monoisotopic (exact) mass is 319 g/mol. The zero-order valence-corrected chi connectivity index (χ0v) is 13.6. The third kappa shape index (κ3) is 4.53. The van der Waals surface area contributed by atoms with Gasteiger partial charge in [0.25, 0.3) is 0 Å². The molecule has 0 spiro atoms. The number of imidazole rings is 1. The number of aliphatic imine (C=N–C) groups is 1. The second kappa shape index (κ2) is 7.73. The number of aryl methyl sites for hydroxylation is 1. The fraction of sp³-hybridized carbons (Fsp3) is 0.375. The maximum Gasteiger partial charge on any atom is 0.189 e. The predicted molar refractivity (Wildman–Crippen MR) is 88.1 cm³/mol. The van der Waals surface area contributed by atoms with Gasteiger partial charge in [0.05, 0.1) is 18.8 Å². The number of hydrogen-bond donors (Lipinski definition) is 2. The first-order valence-electron chi connectivity index (χ1n) is 7.35. The Morgan fingerprint density at radius 2 is 2.30 bits per heavy atom. The summed E-state index contributed by atoms with van der Waals surface area (Å²) < 4.78 is 21.0. The number of halogens is 1. The first-order chi connectivity index (χ1) is 11.0. The highest BCUT2D eigenvalue weighted by molar-refractivity contribution is 5.78. The van der Waals surface area contributed by atoms with E-state index in [1.54, 1.807) is 30.1 Å². The Balaban J connectivity index is 2.05. The molecule has 2 aromatic rings. The molecule has 0 aliphatic rings. The lowest BCUT2D eigenvalue weighted by Gasteiger charge is -2.13. The predicted octanol–water partition coefficient (Wildman–Crippen LogP) is 1.76. The van der Waals surface area contributed by atoms with E-state index in [4.69, 9.17) is 10.5 Å². The van der Waals surface area contributed by atoms with Crippen molar-refractivity contribution < 1.29 is 9.13 Å². The lowest BCUT2D eigenvalue weighted by atomic mass is 10.2. The number of benzene rings is 1. The molecule has 23 heavy (non-hydrogen) atoms. The first-order valence-corrected chi connectivity index (χ1v) is 7.35. The third-order valence-electron chi connectivity index (χ3n) is 3.34. The smallest absolute Gasteiger partial charge is 0.189 e. The average molecular weight is 319 g/mol. The standard InChI is InChI=1S/C16H22FN5O/c1-11(10-23-3)21-16(18)20-9-13-4-5-15(14(17)8-13)22-7-6-19-12(22)2/h4-8,11H,9-10H2,1-3H3,(H3,18,20,21). The summed E-state index contributed by atoms with van der Waals surface area (Å²) >= 11 is 0. The average Bonchev–Trinajstić information content (AvgIpc) is 2.91. The zero-order chi connectivity index (χ0) is 16.8. The summed E-state index contributed by atoms with van der Waals surface area (Å²) in [6, 6.07) is 5.07. The molecule has 2 rings (SSSR count). The van der Waals surface area contributed by atoms with Gasteiger partial charge in [-0.05, 0) is 31.5 Å². The zero-order valence-electron chi connectivity index (χ0n) is 13.6. The van der Waals surface area contributed by atoms with Crippen LogP contribution in [0.3, 0.4) is 0 Å². The van der Waals surface area contributed by atoms with Crippen LogP contribution in [0.4, 0.5) is 4.39 Å². The summed E-state index contributed by atoms with van der Waals surface area (Å²) in [5.41, 5.74) is 7.00. The minimum Gasteiger partial charge on any atom is -0.383 e. The molecule has 0 amide bonds. The Labute approximate surface area is 135 Å². The minimum absolute atomic E-state index is 0.0621. The van der Waals surface area contributed by atoms with E-state index in [1.165, 1.54) is 6.07 Å². The topological polar surface area (TPSA) is 77.5 Å². The fourth-order valence-electron chi connectivity index (χ4n) is 2.24. The van der Waals surface area contributed by atoms with Crippen LogP contribution in [-0.2, 0) is 11.3 Å². The summed E-state index contributed by atoms with van der Waals surface area (Å²) in [6.07, 6.45) is 3.37. The molecule has 1 aromatic heterocycles. The van der Waals surface area contributed by atoms with Crippen molar-refractivity contribution in [3.63, 3.8) is 0 Å². The molecule has 1 heterocycles. The van der Waals surface area contributed by atoms with Gasteiger partial charge in [-0.1, -0.05) is 6.07 Å². The lowest BCUT2D eigenvalue weighted by molar-refractivity contribution is 0.179. The Kier molecular flexibility index (Phi) is 5.70. The maximum absolute atomic E-state index is 14.3. The number of nitrogens with two attached hydrogens (primary N) is 1. The van der Waals surface area contributed by atoms with Gasteiger partial charge in [-0.25, -0.2) is 14.4 Å². The van der Waals surface area contributed by atoms with Gasteiger partial charge in [0.15, 0.2) is 5.96 Å². The van der Waals surface area contributed by atoms with Gasteiger partial charge in [0.1, 0.15) is 11.6 Å². The molecule has 0 bridgehead atoms. The number of rotatable bonds is 6. The molecule has 7 heteroatoms. The van der Waals surface area contributed by atoms with E-state index in [9.17, 15) is 4.39 Å². The van der Waals surface area contributed by atoms with E-state index in [2.05, 4.69) is 15.3 Å². The molecule has 1 atom stereocenters. The number of aromatic nitrogens is 2. The molecule has 0 aliphatic carbocycles. The highest BCUT2D eigenvalue weighted by atomic mass is 19.1. The number of hydrogen-bond acceptors (Lipinski definition) is 3. The van der Waals surface area contributed by atoms with Crippen molar-refractivity contribution in [3.05, 3.63) is 47.8 Å². The van der Waals surface area contributed by atoms with Crippen LogP contribution in [0.1, 0.15) is 18.3 Å². The number of nitrogens with zero attached hydrogens (tertiary/aromatic N) is 3. The molecule has 124 valence electrons. The number of guanidine groups is 1. The van der Waals surface area contributed by atoms with Crippen molar-refractivity contribution in [2.45, 2.75) is 26.4 Å². The fourth-order valence-corrected chi connectivity index (χ4v) is 2.24. The summed E-state index contributed by atoms with van der Waals surface area (Å²) in [6.45, 7) is 4.60. The van der Waals surface area contributed by atoms with E-state index in [0.717, 1.165) is 11.4 Å².